The molecular formula is C22H24ClNOSi. The number of halogens is 1. The van der Waals surface area contributed by atoms with Crippen LogP contribution in [0.5, 0.6) is 0 Å². The van der Waals surface area contributed by atoms with Gasteiger partial charge >= 0.3 is 0 Å². The summed E-state index contributed by atoms with van der Waals surface area (Å²) < 4.78 is 6.86. The van der Waals surface area contributed by atoms with Crippen LogP contribution in [0.15, 0.2) is 79.0 Å². The van der Waals surface area contributed by atoms with Gasteiger partial charge in [-0.25, -0.2) is 4.98 Å². The van der Waals surface area contributed by atoms with E-state index in [0.29, 0.717) is 11.8 Å². The summed E-state index contributed by atoms with van der Waals surface area (Å²) in [6.07, 6.45) is 1.73. The van der Waals surface area contributed by atoms with Crippen molar-refractivity contribution in [3.8, 4) is 0 Å². The number of benzene rings is 2. The molecule has 3 aromatic rings. The largest absolute Gasteiger partial charge is 0.403 e. The maximum absolute atomic E-state index is 6.86. The lowest BCUT2D eigenvalue weighted by molar-refractivity contribution is 0.286. The van der Waals surface area contributed by atoms with Gasteiger partial charge in [0.2, 0.25) is 0 Å². The lowest BCUT2D eigenvalue weighted by Crippen LogP contribution is -2.66. The number of rotatable bonds is 5. The number of aromatic nitrogens is 1. The molecule has 0 bridgehead atoms. The molecule has 26 heavy (non-hydrogen) atoms. The average Bonchev–Trinajstić information content (AvgIpc) is 2.63. The van der Waals surface area contributed by atoms with Gasteiger partial charge in [-0.15, -0.1) is 0 Å². The maximum Gasteiger partial charge on any atom is 0.261 e. The van der Waals surface area contributed by atoms with Crippen molar-refractivity contribution in [3.63, 3.8) is 0 Å². The third kappa shape index (κ3) is 3.75. The molecule has 0 unspecified atom stereocenters. The van der Waals surface area contributed by atoms with Gasteiger partial charge in [0.05, 0.1) is 6.61 Å². The Morgan fingerprint density at radius 3 is 1.88 bits per heavy atom. The zero-order valence-electron chi connectivity index (χ0n) is 15.4. The van der Waals surface area contributed by atoms with Gasteiger partial charge in [-0.05, 0) is 33.1 Å². The number of hydrogen-bond donors (Lipinski definition) is 0. The second-order valence-electron chi connectivity index (χ2n) is 7.44. The van der Waals surface area contributed by atoms with Gasteiger partial charge in [0, 0.05) is 6.20 Å². The summed E-state index contributed by atoms with van der Waals surface area (Å²) in [6, 6.07) is 25.1. The highest BCUT2D eigenvalue weighted by Gasteiger charge is 2.50. The topological polar surface area (TPSA) is 22.1 Å². The molecule has 0 saturated carbocycles. The van der Waals surface area contributed by atoms with E-state index in [4.69, 9.17) is 16.0 Å². The van der Waals surface area contributed by atoms with Crippen LogP contribution in [0.1, 0.15) is 26.3 Å². The molecule has 0 aliphatic rings. The van der Waals surface area contributed by atoms with E-state index in [-0.39, 0.29) is 5.04 Å². The van der Waals surface area contributed by atoms with Crippen LogP contribution in [-0.4, -0.2) is 13.3 Å². The molecule has 0 fully saturated rings. The Morgan fingerprint density at radius 1 is 0.885 bits per heavy atom. The standard InChI is InChI=1S/C22H24ClNOSi/c1-22(2,3)26(19-10-6-4-7-11-19,20-12-8-5-9-13-20)25-17-18-14-15-24-21(23)16-18/h4-16H,17H2,1-3H3. The van der Waals surface area contributed by atoms with Crippen LogP contribution in [0.25, 0.3) is 0 Å². The fraction of sp³-hybridized carbons (Fsp3) is 0.227. The molecule has 0 saturated heterocycles. The van der Waals surface area contributed by atoms with Crippen molar-refractivity contribution < 1.29 is 4.43 Å². The van der Waals surface area contributed by atoms with E-state index in [1.807, 2.05) is 12.1 Å². The third-order valence-corrected chi connectivity index (χ3v) is 9.85. The minimum absolute atomic E-state index is 0.0352. The predicted octanol–water partition coefficient (Wildman–Crippen LogP) is 4.81. The van der Waals surface area contributed by atoms with E-state index < -0.39 is 8.32 Å². The molecule has 0 spiro atoms. The lowest BCUT2D eigenvalue weighted by Gasteiger charge is -2.43. The molecule has 2 aromatic carbocycles. The molecule has 0 atom stereocenters. The van der Waals surface area contributed by atoms with E-state index in [1.54, 1.807) is 6.20 Å². The SMILES string of the molecule is CC(C)(C)[Si](OCc1ccnc(Cl)c1)(c1ccccc1)c1ccccc1. The zero-order valence-corrected chi connectivity index (χ0v) is 17.2. The average molecular weight is 382 g/mol. The van der Waals surface area contributed by atoms with Crippen LogP contribution < -0.4 is 10.4 Å². The third-order valence-electron chi connectivity index (χ3n) is 4.66. The molecular weight excluding hydrogens is 358 g/mol. The molecule has 3 rings (SSSR count). The fourth-order valence-corrected chi connectivity index (χ4v) is 8.22. The monoisotopic (exact) mass is 381 g/mol. The summed E-state index contributed by atoms with van der Waals surface area (Å²) in [5, 5.41) is 3.01. The highest BCUT2D eigenvalue weighted by atomic mass is 35.5. The van der Waals surface area contributed by atoms with Crippen LogP contribution in [0.4, 0.5) is 0 Å². The lowest BCUT2D eigenvalue weighted by atomic mass is 10.2. The highest BCUT2D eigenvalue weighted by molar-refractivity contribution is 6.99. The summed E-state index contributed by atoms with van der Waals surface area (Å²) in [4.78, 5) is 4.07. The predicted molar refractivity (Wildman–Crippen MR) is 112 cm³/mol. The number of nitrogens with zero attached hydrogens (tertiary/aromatic N) is 1. The summed E-state index contributed by atoms with van der Waals surface area (Å²) in [6.45, 7) is 7.34. The molecule has 0 aliphatic heterocycles. The van der Waals surface area contributed by atoms with E-state index >= 15 is 0 Å². The van der Waals surface area contributed by atoms with Gasteiger partial charge in [0.1, 0.15) is 5.15 Å². The van der Waals surface area contributed by atoms with Gasteiger partial charge in [-0.2, -0.15) is 0 Å². The molecule has 2 nitrogen and oxygen atoms in total. The smallest absolute Gasteiger partial charge is 0.261 e. The molecule has 0 amide bonds. The van der Waals surface area contributed by atoms with E-state index in [0.717, 1.165) is 5.56 Å². The van der Waals surface area contributed by atoms with Crippen molar-refractivity contribution in [1.29, 1.82) is 0 Å². The Bertz CT molecular complexity index is 807. The van der Waals surface area contributed by atoms with Crippen LogP contribution in [0.3, 0.4) is 0 Å². The van der Waals surface area contributed by atoms with Gasteiger partial charge in [0.15, 0.2) is 0 Å². The van der Waals surface area contributed by atoms with Crippen LogP contribution >= 0.6 is 11.6 Å². The first-order valence-electron chi connectivity index (χ1n) is 8.79. The van der Waals surface area contributed by atoms with Crippen molar-refractivity contribution in [2.75, 3.05) is 0 Å². The van der Waals surface area contributed by atoms with Crippen LogP contribution in [-0.2, 0) is 11.0 Å². The maximum atomic E-state index is 6.86. The summed E-state index contributed by atoms with van der Waals surface area (Å²) in [5.74, 6) is 0. The fourth-order valence-electron chi connectivity index (χ4n) is 3.49. The first-order chi connectivity index (χ1) is 12.4. The first kappa shape index (κ1) is 18.8. The molecule has 1 heterocycles. The number of hydrogen-bond acceptors (Lipinski definition) is 2. The Hall–Kier alpha value is -1.94. The van der Waals surface area contributed by atoms with Crippen molar-refractivity contribution >= 4 is 30.3 Å². The van der Waals surface area contributed by atoms with Gasteiger partial charge in [-0.1, -0.05) is 93.0 Å². The van der Waals surface area contributed by atoms with Gasteiger partial charge in [-0.3, -0.25) is 0 Å². The normalized spacial score (nSPS) is 12.2. The molecule has 1 aromatic heterocycles. The molecule has 4 heteroatoms. The quantitative estimate of drug-likeness (QED) is 0.467. The van der Waals surface area contributed by atoms with Gasteiger partial charge < -0.3 is 4.43 Å². The van der Waals surface area contributed by atoms with Crippen molar-refractivity contribution in [2.45, 2.75) is 32.4 Å². The van der Waals surface area contributed by atoms with Crippen molar-refractivity contribution in [3.05, 3.63) is 89.7 Å². The zero-order chi connectivity index (χ0) is 18.6. The molecule has 134 valence electrons. The molecule has 0 N–H and O–H groups in total. The van der Waals surface area contributed by atoms with Crippen LogP contribution in [0.2, 0.25) is 10.2 Å². The van der Waals surface area contributed by atoms with Crippen molar-refractivity contribution in [2.24, 2.45) is 0 Å². The first-order valence-corrected chi connectivity index (χ1v) is 11.1. The molecule has 0 radical (unpaired) electrons. The summed E-state index contributed by atoms with van der Waals surface area (Å²) in [5.41, 5.74) is 1.04. The summed E-state index contributed by atoms with van der Waals surface area (Å²) >= 11 is 6.06. The summed E-state index contributed by atoms with van der Waals surface area (Å²) in [7, 11) is -2.51. The minimum atomic E-state index is -2.51. The Morgan fingerprint density at radius 2 is 1.42 bits per heavy atom. The minimum Gasteiger partial charge on any atom is -0.403 e. The Balaban J connectivity index is 2.11. The van der Waals surface area contributed by atoms with Gasteiger partial charge in [0.25, 0.3) is 8.32 Å². The molecule has 0 aliphatic carbocycles. The second-order valence-corrected chi connectivity index (χ2v) is 12.1. The van der Waals surface area contributed by atoms with E-state index in [2.05, 4.69) is 86.4 Å². The Labute approximate surface area is 162 Å². The van der Waals surface area contributed by atoms with E-state index in [9.17, 15) is 0 Å². The van der Waals surface area contributed by atoms with E-state index in [1.165, 1.54) is 10.4 Å². The Kier molecular flexibility index (Phi) is 5.61. The highest BCUT2D eigenvalue weighted by Crippen LogP contribution is 2.37. The van der Waals surface area contributed by atoms with Crippen LogP contribution in [0, 0.1) is 0 Å². The van der Waals surface area contributed by atoms with Crippen molar-refractivity contribution in [1.82, 2.24) is 4.98 Å². The number of pyridine rings is 1. The second kappa shape index (κ2) is 7.75.